The van der Waals surface area contributed by atoms with E-state index < -0.39 is 20.2 Å². The summed E-state index contributed by atoms with van der Waals surface area (Å²) in [7, 11) is -5.29. The van der Waals surface area contributed by atoms with E-state index in [4.69, 9.17) is 0 Å². The zero-order chi connectivity index (χ0) is 13.5. The Morgan fingerprint density at radius 3 is 2.06 bits per heavy atom. The number of hydrogen-bond donors (Lipinski definition) is 2. The molecule has 0 aromatic heterocycles. The minimum atomic E-state index is -3.50. The van der Waals surface area contributed by atoms with Crippen molar-refractivity contribution >= 4 is 20.2 Å². The van der Waals surface area contributed by atoms with Crippen molar-refractivity contribution in [1.29, 1.82) is 0 Å². The van der Waals surface area contributed by atoms with Crippen molar-refractivity contribution in [3.05, 3.63) is 0 Å². The summed E-state index contributed by atoms with van der Waals surface area (Å²) in [5.41, 5.74) is 0. The molecule has 17 heavy (non-hydrogen) atoms. The van der Waals surface area contributed by atoms with Crippen molar-refractivity contribution in [3.63, 3.8) is 0 Å². The molecule has 0 rings (SSSR count). The predicted octanol–water partition coefficient (Wildman–Crippen LogP) is -0.898. The van der Waals surface area contributed by atoms with Gasteiger partial charge in [0.15, 0.2) is 0 Å². The fourth-order valence-electron chi connectivity index (χ4n) is 1.03. The van der Waals surface area contributed by atoms with Crippen LogP contribution < -0.4 is 9.44 Å². The first-order chi connectivity index (χ1) is 7.69. The van der Waals surface area contributed by atoms with Crippen LogP contribution in [0.25, 0.3) is 0 Å². The Morgan fingerprint density at radius 1 is 1.06 bits per heavy atom. The zero-order valence-electron chi connectivity index (χ0n) is 10.4. The highest BCUT2D eigenvalue weighted by molar-refractivity contribution is 7.88. The number of nitrogens with zero attached hydrogens (tertiary/aromatic N) is 1. The summed E-state index contributed by atoms with van der Waals surface area (Å²) in [4.78, 5) is 0. The Bertz CT molecular complexity index is 404. The largest absolute Gasteiger partial charge is 0.279 e. The maximum absolute atomic E-state index is 11.6. The Kier molecular flexibility index (Phi) is 7.17. The first-order valence-electron chi connectivity index (χ1n) is 5.34. The van der Waals surface area contributed by atoms with Crippen molar-refractivity contribution in [2.75, 3.05) is 32.9 Å². The molecule has 9 heteroatoms. The van der Waals surface area contributed by atoms with E-state index in [1.54, 1.807) is 0 Å². The Morgan fingerprint density at radius 2 is 1.59 bits per heavy atom. The van der Waals surface area contributed by atoms with Crippen LogP contribution in [-0.4, -0.2) is 54.1 Å². The van der Waals surface area contributed by atoms with Gasteiger partial charge in [0, 0.05) is 26.7 Å². The molecule has 0 aromatic carbocycles. The average Bonchev–Trinajstić information content (AvgIpc) is 2.19. The molecule has 7 nitrogen and oxygen atoms in total. The molecule has 0 atom stereocenters. The topological polar surface area (TPSA) is 95.6 Å². The van der Waals surface area contributed by atoms with Crippen molar-refractivity contribution < 1.29 is 16.8 Å². The molecule has 0 saturated heterocycles. The van der Waals surface area contributed by atoms with E-state index >= 15 is 0 Å². The second-order valence-electron chi connectivity index (χ2n) is 3.74. The molecule has 2 N–H and O–H groups in total. The van der Waals surface area contributed by atoms with Gasteiger partial charge >= 0.3 is 0 Å². The molecule has 104 valence electrons. The number of hydrogen-bond acceptors (Lipinski definition) is 4. The fraction of sp³-hybridized carbons (Fsp3) is 1.00. The van der Waals surface area contributed by atoms with Crippen LogP contribution in [0.15, 0.2) is 0 Å². The molecule has 0 saturated carbocycles. The molecule has 0 bridgehead atoms. The average molecular weight is 287 g/mol. The molecule has 0 fully saturated rings. The fourth-order valence-corrected chi connectivity index (χ4v) is 2.45. The maximum atomic E-state index is 11.6. The quantitative estimate of drug-likeness (QED) is 0.537. The minimum absolute atomic E-state index is 0.0336. The highest BCUT2D eigenvalue weighted by Crippen LogP contribution is 1.97. The monoisotopic (exact) mass is 287 g/mol. The van der Waals surface area contributed by atoms with Gasteiger partial charge in [-0.05, 0) is 6.42 Å². The van der Waals surface area contributed by atoms with Gasteiger partial charge in [0.25, 0.3) is 10.2 Å². The molecule has 0 aromatic rings. The number of unbranched alkanes of at least 4 members (excludes halogenated alkanes) is 1. The third-order valence-corrected chi connectivity index (χ3v) is 4.31. The van der Waals surface area contributed by atoms with Crippen LogP contribution in [0.2, 0.25) is 0 Å². The second kappa shape index (κ2) is 7.27. The summed E-state index contributed by atoms with van der Waals surface area (Å²) in [6.07, 6.45) is 2.73. The van der Waals surface area contributed by atoms with Crippen LogP contribution in [0.4, 0.5) is 0 Å². The summed E-state index contributed by atoms with van der Waals surface area (Å²) < 4.78 is 50.4. The van der Waals surface area contributed by atoms with E-state index in [1.165, 1.54) is 11.4 Å². The molecule has 0 spiro atoms. The van der Waals surface area contributed by atoms with Gasteiger partial charge in [-0.3, -0.25) is 0 Å². The van der Waals surface area contributed by atoms with Gasteiger partial charge in [0.2, 0.25) is 10.0 Å². The van der Waals surface area contributed by atoms with Crippen molar-refractivity contribution in [2.45, 2.75) is 19.8 Å². The van der Waals surface area contributed by atoms with Gasteiger partial charge in [-0.25, -0.2) is 17.9 Å². The van der Waals surface area contributed by atoms with E-state index in [0.717, 1.165) is 19.1 Å². The van der Waals surface area contributed by atoms with Crippen LogP contribution >= 0.6 is 0 Å². The molecule has 0 aliphatic heterocycles. The molecular formula is C8H21N3O4S2. The van der Waals surface area contributed by atoms with E-state index in [2.05, 4.69) is 9.44 Å². The molecule has 0 unspecified atom stereocenters. The SMILES string of the molecule is CCCCN(C)S(=O)(=O)NCCNS(C)(=O)=O. The zero-order valence-corrected chi connectivity index (χ0v) is 12.1. The van der Waals surface area contributed by atoms with Crippen LogP contribution in [0.3, 0.4) is 0 Å². The predicted molar refractivity (Wildman–Crippen MR) is 67.3 cm³/mol. The highest BCUT2D eigenvalue weighted by atomic mass is 32.2. The third-order valence-electron chi connectivity index (χ3n) is 2.01. The lowest BCUT2D eigenvalue weighted by molar-refractivity contribution is 0.449. The number of nitrogens with one attached hydrogen (secondary N) is 2. The molecular weight excluding hydrogens is 266 g/mol. The molecule has 0 heterocycles. The summed E-state index contributed by atoms with van der Waals surface area (Å²) in [5, 5.41) is 0. The Hall–Kier alpha value is -0.220. The first kappa shape index (κ1) is 16.8. The molecule has 0 aliphatic rings. The van der Waals surface area contributed by atoms with Gasteiger partial charge in [-0.2, -0.15) is 12.7 Å². The Labute approximate surface area is 104 Å². The summed E-state index contributed by atoms with van der Waals surface area (Å²) in [5.74, 6) is 0. The maximum Gasteiger partial charge on any atom is 0.279 e. The van der Waals surface area contributed by atoms with Gasteiger partial charge < -0.3 is 0 Å². The summed E-state index contributed by atoms with van der Waals surface area (Å²) in [6.45, 7) is 2.50. The minimum Gasteiger partial charge on any atom is -0.214 e. The first-order valence-corrected chi connectivity index (χ1v) is 8.67. The van der Waals surface area contributed by atoms with Crippen molar-refractivity contribution in [1.82, 2.24) is 13.7 Å². The molecule has 0 radical (unpaired) electrons. The second-order valence-corrected chi connectivity index (χ2v) is 7.44. The highest BCUT2D eigenvalue weighted by Gasteiger charge is 2.15. The lowest BCUT2D eigenvalue weighted by atomic mass is 10.3. The summed E-state index contributed by atoms with van der Waals surface area (Å²) >= 11 is 0. The van der Waals surface area contributed by atoms with Gasteiger partial charge in [0.1, 0.15) is 0 Å². The van der Waals surface area contributed by atoms with Crippen LogP contribution in [0.1, 0.15) is 19.8 Å². The van der Waals surface area contributed by atoms with Crippen molar-refractivity contribution in [3.8, 4) is 0 Å². The van der Waals surface area contributed by atoms with E-state index in [9.17, 15) is 16.8 Å². The lowest BCUT2D eigenvalue weighted by Gasteiger charge is -2.17. The van der Waals surface area contributed by atoms with Crippen LogP contribution in [-0.2, 0) is 20.2 Å². The normalized spacial score (nSPS) is 13.2. The lowest BCUT2D eigenvalue weighted by Crippen LogP contribution is -2.42. The van der Waals surface area contributed by atoms with Crippen LogP contribution in [0, 0.1) is 0 Å². The molecule has 0 aliphatic carbocycles. The standard InChI is InChI=1S/C8H21N3O4S2/c1-4-5-8-11(2)17(14,15)10-7-6-9-16(3,12)13/h9-10H,4-8H2,1-3H3. The number of rotatable bonds is 9. The van der Waals surface area contributed by atoms with Gasteiger partial charge in [-0.15, -0.1) is 0 Å². The third kappa shape index (κ3) is 8.50. The van der Waals surface area contributed by atoms with E-state index in [1.807, 2.05) is 6.92 Å². The van der Waals surface area contributed by atoms with E-state index in [-0.39, 0.29) is 13.1 Å². The van der Waals surface area contributed by atoms with Crippen molar-refractivity contribution in [2.24, 2.45) is 0 Å². The Balaban J connectivity index is 4.02. The smallest absolute Gasteiger partial charge is 0.214 e. The molecule has 0 amide bonds. The number of sulfonamides is 1. The van der Waals surface area contributed by atoms with Gasteiger partial charge in [-0.1, -0.05) is 13.3 Å². The summed E-state index contributed by atoms with van der Waals surface area (Å²) in [6, 6.07) is 0. The van der Waals surface area contributed by atoms with E-state index in [0.29, 0.717) is 6.54 Å². The van der Waals surface area contributed by atoms with Crippen LogP contribution in [0.5, 0.6) is 0 Å². The van der Waals surface area contributed by atoms with Gasteiger partial charge in [0.05, 0.1) is 6.26 Å².